The molecule has 1 fully saturated rings. The van der Waals surface area contributed by atoms with E-state index in [4.69, 9.17) is 5.26 Å². The first kappa shape index (κ1) is 11.5. The van der Waals surface area contributed by atoms with Crippen LogP contribution < -0.4 is 0 Å². The molecule has 0 saturated carbocycles. The summed E-state index contributed by atoms with van der Waals surface area (Å²) in [5, 5.41) is 8.71. The number of hydrogen-bond acceptors (Lipinski definition) is 2. The van der Waals surface area contributed by atoms with Crippen molar-refractivity contribution in [2.24, 2.45) is 0 Å². The largest absolute Gasteiger partial charge is 0.297 e. The zero-order valence-electron chi connectivity index (χ0n) is 9.50. The van der Waals surface area contributed by atoms with Gasteiger partial charge in [-0.3, -0.25) is 4.90 Å². The summed E-state index contributed by atoms with van der Waals surface area (Å²) >= 11 is 0. The van der Waals surface area contributed by atoms with Crippen molar-refractivity contribution >= 4 is 0 Å². The van der Waals surface area contributed by atoms with E-state index in [1.54, 1.807) is 0 Å². The first-order chi connectivity index (χ1) is 6.79. The minimum atomic E-state index is 0.455. The van der Waals surface area contributed by atoms with E-state index in [1.165, 1.54) is 38.6 Å². The van der Waals surface area contributed by atoms with Crippen LogP contribution in [0.25, 0.3) is 0 Å². The van der Waals surface area contributed by atoms with Crippen LogP contribution in [0.3, 0.4) is 0 Å². The minimum absolute atomic E-state index is 0.455. The van der Waals surface area contributed by atoms with Crippen LogP contribution in [0.4, 0.5) is 0 Å². The predicted molar refractivity (Wildman–Crippen MR) is 58.9 cm³/mol. The van der Waals surface area contributed by atoms with E-state index in [9.17, 15) is 0 Å². The molecule has 1 aliphatic rings. The SMILES string of the molecule is CCCC1CCCCN1C(C)CC#N. The van der Waals surface area contributed by atoms with Gasteiger partial charge in [-0.15, -0.1) is 0 Å². The molecular formula is C12H22N2. The number of piperidine rings is 1. The van der Waals surface area contributed by atoms with Gasteiger partial charge in [0.25, 0.3) is 0 Å². The second kappa shape index (κ2) is 6.03. The Labute approximate surface area is 87.9 Å². The van der Waals surface area contributed by atoms with Crippen LogP contribution in [0.15, 0.2) is 0 Å². The molecule has 1 rings (SSSR count). The van der Waals surface area contributed by atoms with Crippen molar-refractivity contribution in [3.63, 3.8) is 0 Å². The Balaban J connectivity index is 2.49. The van der Waals surface area contributed by atoms with Gasteiger partial charge < -0.3 is 0 Å². The summed E-state index contributed by atoms with van der Waals surface area (Å²) in [5.41, 5.74) is 0. The van der Waals surface area contributed by atoms with E-state index < -0.39 is 0 Å². The lowest BCUT2D eigenvalue weighted by atomic mass is 9.96. The first-order valence-electron chi connectivity index (χ1n) is 5.92. The highest BCUT2D eigenvalue weighted by Gasteiger charge is 2.25. The van der Waals surface area contributed by atoms with E-state index in [1.807, 2.05) is 0 Å². The molecule has 0 aromatic carbocycles. The van der Waals surface area contributed by atoms with Crippen LogP contribution in [-0.4, -0.2) is 23.5 Å². The Morgan fingerprint density at radius 3 is 2.93 bits per heavy atom. The van der Waals surface area contributed by atoms with Crippen molar-refractivity contribution in [2.45, 2.75) is 64.5 Å². The van der Waals surface area contributed by atoms with Gasteiger partial charge in [0.05, 0.1) is 12.5 Å². The normalized spacial score (nSPS) is 25.6. The van der Waals surface area contributed by atoms with Crippen LogP contribution >= 0.6 is 0 Å². The van der Waals surface area contributed by atoms with Crippen LogP contribution in [-0.2, 0) is 0 Å². The van der Waals surface area contributed by atoms with Gasteiger partial charge in [-0.25, -0.2) is 0 Å². The molecule has 2 unspecified atom stereocenters. The van der Waals surface area contributed by atoms with Crippen molar-refractivity contribution in [3.05, 3.63) is 0 Å². The van der Waals surface area contributed by atoms with Crippen molar-refractivity contribution in [1.29, 1.82) is 5.26 Å². The molecule has 2 atom stereocenters. The second-order valence-electron chi connectivity index (χ2n) is 4.39. The van der Waals surface area contributed by atoms with Gasteiger partial charge in [-0.05, 0) is 32.7 Å². The van der Waals surface area contributed by atoms with Gasteiger partial charge in [-0.2, -0.15) is 5.26 Å². The molecule has 1 aliphatic heterocycles. The highest BCUT2D eigenvalue weighted by molar-refractivity contribution is 4.85. The predicted octanol–water partition coefficient (Wildman–Crippen LogP) is 2.94. The van der Waals surface area contributed by atoms with Crippen molar-refractivity contribution < 1.29 is 0 Å². The summed E-state index contributed by atoms with van der Waals surface area (Å²) in [4.78, 5) is 2.55. The highest BCUT2D eigenvalue weighted by Crippen LogP contribution is 2.23. The van der Waals surface area contributed by atoms with E-state index in [0.717, 1.165) is 6.04 Å². The molecule has 0 radical (unpaired) electrons. The van der Waals surface area contributed by atoms with Gasteiger partial charge in [0.15, 0.2) is 0 Å². The molecular weight excluding hydrogens is 172 g/mol. The number of nitriles is 1. The summed E-state index contributed by atoms with van der Waals surface area (Å²) in [7, 11) is 0. The minimum Gasteiger partial charge on any atom is -0.297 e. The number of nitrogens with zero attached hydrogens (tertiary/aromatic N) is 2. The molecule has 0 aromatic rings. The van der Waals surface area contributed by atoms with Gasteiger partial charge >= 0.3 is 0 Å². The molecule has 0 aromatic heterocycles. The quantitative estimate of drug-likeness (QED) is 0.688. The maximum Gasteiger partial charge on any atom is 0.0638 e. The fraction of sp³-hybridized carbons (Fsp3) is 0.917. The Morgan fingerprint density at radius 2 is 2.29 bits per heavy atom. The second-order valence-corrected chi connectivity index (χ2v) is 4.39. The molecule has 0 amide bonds. The van der Waals surface area contributed by atoms with Crippen molar-refractivity contribution in [2.75, 3.05) is 6.54 Å². The lowest BCUT2D eigenvalue weighted by molar-refractivity contribution is 0.0983. The molecule has 2 nitrogen and oxygen atoms in total. The highest BCUT2D eigenvalue weighted by atomic mass is 15.2. The van der Waals surface area contributed by atoms with E-state index >= 15 is 0 Å². The van der Waals surface area contributed by atoms with Crippen LogP contribution in [0.2, 0.25) is 0 Å². The standard InChI is InChI=1S/C12H22N2/c1-3-6-12-7-4-5-10-14(12)11(2)8-9-13/h11-12H,3-8,10H2,1-2H3. The van der Waals surface area contributed by atoms with E-state index in [2.05, 4.69) is 24.8 Å². The molecule has 0 spiro atoms. The fourth-order valence-corrected chi connectivity index (χ4v) is 2.50. The third-order valence-electron chi connectivity index (χ3n) is 3.25. The Kier molecular flexibility index (Phi) is 4.97. The molecule has 1 saturated heterocycles. The molecule has 80 valence electrons. The van der Waals surface area contributed by atoms with E-state index in [0.29, 0.717) is 12.5 Å². The monoisotopic (exact) mass is 194 g/mol. The summed E-state index contributed by atoms with van der Waals surface area (Å²) in [6, 6.07) is 3.49. The maximum atomic E-state index is 8.71. The Morgan fingerprint density at radius 1 is 1.50 bits per heavy atom. The van der Waals surface area contributed by atoms with Gasteiger partial charge in [-0.1, -0.05) is 19.8 Å². The molecule has 0 bridgehead atoms. The molecule has 0 N–H and O–H groups in total. The number of likely N-dealkylation sites (tertiary alicyclic amines) is 1. The zero-order chi connectivity index (χ0) is 10.4. The average molecular weight is 194 g/mol. The van der Waals surface area contributed by atoms with Crippen LogP contribution in [0.5, 0.6) is 0 Å². The third kappa shape index (κ3) is 2.99. The maximum absolute atomic E-state index is 8.71. The summed E-state index contributed by atoms with van der Waals surface area (Å²) in [6.45, 7) is 5.65. The summed E-state index contributed by atoms with van der Waals surface area (Å²) < 4.78 is 0. The molecule has 0 aliphatic carbocycles. The fourth-order valence-electron chi connectivity index (χ4n) is 2.50. The smallest absolute Gasteiger partial charge is 0.0638 e. The van der Waals surface area contributed by atoms with Crippen molar-refractivity contribution in [1.82, 2.24) is 4.90 Å². The average Bonchev–Trinajstić information content (AvgIpc) is 2.19. The Bertz CT molecular complexity index is 193. The van der Waals surface area contributed by atoms with Gasteiger partial charge in [0, 0.05) is 12.1 Å². The third-order valence-corrected chi connectivity index (χ3v) is 3.25. The number of rotatable bonds is 4. The van der Waals surface area contributed by atoms with Crippen LogP contribution in [0, 0.1) is 11.3 Å². The Hall–Kier alpha value is -0.550. The first-order valence-corrected chi connectivity index (χ1v) is 5.92. The summed E-state index contributed by atoms with van der Waals surface area (Å²) in [5.74, 6) is 0. The zero-order valence-corrected chi connectivity index (χ0v) is 9.50. The molecule has 2 heteroatoms. The molecule has 1 heterocycles. The lowest BCUT2D eigenvalue weighted by Crippen LogP contribution is -2.44. The van der Waals surface area contributed by atoms with Crippen molar-refractivity contribution in [3.8, 4) is 6.07 Å². The van der Waals surface area contributed by atoms with E-state index in [-0.39, 0.29) is 0 Å². The molecule has 14 heavy (non-hydrogen) atoms. The number of hydrogen-bond donors (Lipinski definition) is 0. The lowest BCUT2D eigenvalue weighted by Gasteiger charge is -2.39. The summed E-state index contributed by atoms with van der Waals surface area (Å²) in [6.07, 6.45) is 7.27. The topological polar surface area (TPSA) is 27.0 Å². The van der Waals surface area contributed by atoms with Gasteiger partial charge in [0.2, 0.25) is 0 Å². The van der Waals surface area contributed by atoms with Crippen LogP contribution in [0.1, 0.15) is 52.4 Å². The van der Waals surface area contributed by atoms with Gasteiger partial charge in [0.1, 0.15) is 0 Å².